The van der Waals surface area contributed by atoms with Crippen LogP contribution >= 0.6 is 0 Å². The van der Waals surface area contributed by atoms with Gasteiger partial charge in [0, 0.05) is 60.1 Å². The van der Waals surface area contributed by atoms with Crippen molar-refractivity contribution in [1.82, 2.24) is 41.3 Å². The highest BCUT2D eigenvalue weighted by Crippen LogP contribution is 2.30. The number of nitrogens with zero attached hydrogens (tertiary/aromatic N) is 4. The van der Waals surface area contributed by atoms with Crippen LogP contribution < -0.4 is 37.2 Å². The van der Waals surface area contributed by atoms with Gasteiger partial charge in [-0.25, -0.2) is 14.4 Å². The molecule has 1 saturated heterocycles. The van der Waals surface area contributed by atoms with Crippen LogP contribution in [0.2, 0.25) is 0 Å². The average molecular weight is 1220 g/mol. The van der Waals surface area contributed by atoms with Gasteiger partial charge < -0.3 is 66.3 Å². The third-order valence-electron chi connectivity index (χ3n) is 16.4. The molecule has 1 aliphatic rings. The van der Waals surface area contributed by atoms with Crippen LogP contribution in [-0.4, -0.2) is 188 Å². The number of hydrogen-bond donors (Lipinski definition) is 7. The molecule has 2 aromatic carbocycles. The average Bonchev–Trinajstić information content (AvgIpc) is 2.34. The molecule has 0 saturated carbocycles. The fourth-order valence-corrected chi connectivity index (χ4v) is 11.3. The SMILES string of the molecule is CC[C@H](C)[C@@H]([C@@H](CC(=O)N1CCCC1[C@H](OC)[C@@H](C)C(=O)N[C@@H](Cc1ccccc1)C(=O)O)OC)N(C)C(=O)C(NC(=O)C(C(C)C)N(C)CCc1ccc(N(C)C(=O)C(CCCNC(N)=O)NC(=O)C(NC(=O)OC(C)(C)C)C(C)C)cc1)C(C)C. The summed E-state index contributed by atoms with van der Waals surface area (Å²) in [4.78, 5) is 128. The van der Waals surface area contributed by atoms with E-state index in [-0.39, 0.29) is 67.2 Å². The number of carbonyl (C=O) groups is 9. The minimum absolute atomic E-state index is 0.0821. The first kappa shape index (κ1) is 74.4. The summed E-state index contributed by atoms with van der Waals surface area (Å²) < 4.78 is 17.4. The van der Waals surface area contributed by atoms with Gasteiger partial charge in [-0.1, -0.05) is 111 Å². The first-order chi connectivity index (χ1) is 40.8. The van der Waals surface area contributed by atoms with Gasteiger partial charge >= 0.3 is 18.1 Å². The second kappa shape index (κ2) is 35.2. The Bertz CT molecular complexity index is 2560. The van der Waals surface area contributed by atoms with Gasteiger partial charge in [-0.05, 0) is 107 Å². The number of urea groups is 1. The smallest absolute Gasteiger partial charge is 0.408 e. The molecule has 5 unspecified atom stereocenters. The molecule has 23 heteroatoms. The van der Waals surface area contributed by atoms with Crippen molar-refractivity contribution in [2.24, 2.45) is 35.3 Å². The second-order valence-electron chi connectivity index (χ2n) is 25.3. The number of methoxy groups -OCH3 is 2. The summed E-state index contributed by atoms with van der Waals surface area (Å²) in [5, 5.41) is 23.8. The molecule has 8 N–H and O–H groups in total. The lowest BCUT2D eigenvalue weighted by Gasteiger charge is -2.41. The Kier molecular flexibility index (Phi) is 30.1. The van der Waals surface area contributed by atoms with Gasteiger partial charge in [0.2, 0.25) is 35.4 Å². The van der Waals surface area contributed by atoms with Crippen molar-refractivity contribution in [1.29, 1.82) is 0 Å². The molecular formula is C64H104N10O13. The fourth-order valence-electron chi connectivity index (χ4n) is 11.3. The number of hydrogen-bond acceptors (Lipinski definition) is 13. The van der Waals surface area contributed by atoms with Crippen LogP contribution in [0.15, 0.2) is 54.6 Å². The van der Waals surface area contributed by atoms with Crippen LogP contribution in [-0.2, 0) is 60.6 Å². The lowest BCUT2D eigenvalue weighted by molar-refractivity contribution is -0.148. The van der Waals surface area contributed by atoms with E-state index in [2.05, 4.69) is 26.6 Å². The van der Waals surface area contributed by atoms with E-state index < -0.39 is 102 Å². The summed E-state index contributed by atoms with van der Waals surface area (Å²) in [5.74, 6) is -5.36. The number of anilines is 1. The second-order valence-corrected chi connectivity index (χ2v) is 25.3. The standard InChI is InChI=1S/C64H104N10O13/c1-18-41(8)54(49(85-16)37-50(75)74-34-23-27-48(74)55(86-17)42(9)56(76)68-47(61(81)82)36-44-24-20-19-21-25-44)73(15)60(80)52(39(4)5)69-58(78)53(40(6)7)71(13)35-32-43-28-30-45(31-29-43)72(14)59(79)46(26-22-33-66-62(65)83)67-57(77)51(38(2)3)70-63(84)87-64(10,11)12/h19-21,24-25,28-31,38-42,46-49,51-55H,18,22-23,26-27,32-37H2,1-17H3,(H,67,77)(H,68,76)(H,69,78)(H,70,84)(H,81,82)(H3,65,66,83)/t41-,42+,46?,47-,48?,49+,51?,52?,53?,54-,55+/m0/s1. The van der Waals surface area contributed by atoms with Gasteiger partial charge in [0.25, 0.3) is 0 Å². The van der Waals surface area contributed by atoms with E-state index in [1.165, 1.54) is 19.1 Å². The Morgan fingerprint density at radius 3 is 1.87 bits per heavy atom. The van der Waals surface area contributed by atoms with Crippen molar-refractivity contribution < 1.29 is 62.5 Å². The zero-order valence-electron chi connectivity index (χ0n) is 54.8. The van der Waals surface area contributed by atoms with Gasteiger partial charge in [-0.15, -0.1) is 0 Å². The van der Waals surface area contributed by atoms with E-state index in [0.29, 0.717) is 50.9 Å². The monoisotopic (exact) mass is 1220 g/mol. The number of nitrogens with two attached hydrogens (primary N) is 1. The third kappa shape index (κ3) is 22.7. The molecule has 0 aliphatic carbocycles. The number of likely N-dealkylation sites (N-methyl/N-ethyl adjacent to an activating group) is 3. The quantitative estimate of drug-likeness (QED) is 0.0426. The number of carboxylic acids is 1. The number of carbonyl (C=O) groups excluding carboxylic acids is 8. The minimum atomic E-state index is -1.17. The normalized spacial score (nSPS) is 17.0. The number of aliphatic carboxylic acids is 1. The minimum Gasteiger partial charge on any atom is -0.480 e. The molecule has 2 aromatic rings. The first-order valence-corrected chi connectivity index (χ1v) is 30.7. The van der Waals surface area contributed by atoms with Crippen molar-refractivity contribution in [3.63, 3.8) is 0 Å². The molecule has 0 aromatic heterocycles. The molecule has 11 atom stereocenters. The van der Waals surface area contributed by atoms with E-state index in [9.17, 15) is 48.3 Å². The van der Waals surface area contributed by atoms with Crippen molar-refractivity contribution >= 4 is 59.2 Å². The maximum atomic E-state index is 14.8. The van der Waals surface area contributed by atoms with Crippen molar-refractivity contribution in [2.45, 2.75) is 195 Å². The molecular weight excluding hydrogens is 1120 g/mol. The van der Waals surface area contributed by atoms with E-state index in [1.54, 1.807) is 102 Å². The van der Waals surface area contributed by atoms with Gasteiger partial charge in [-0.3, -0.25) is 33.7 Å². The Hall–Kier alpha value is -6.85. The Balaban J connectivity index is 1.75. The summed E-state index contributed by atoms with van der Waals surface area (Å²) in [5.41, 5.74) is 6.69. The van der Waals surface area contributed by atoms with Gasteiger partial charge in [0.15, 0.2) is 0 Å². The number of primary amides is 1. The fraction of sp³-hybridized carbons (Fsp3) is 0.672. The molecule has 0 bridgehead atoms. The number of ether oxygens (including phenoxy) is 3. The zero-order chi connectivity index (χ0) is 65.6. The van der Waals surface area contributed by atoms with Crippen molar-refractivity contribution in [3.8, 4) is 0 Å². The van der Waals surface area contributed by atoms with Crippen LogP contribution in [0.3, 0.4) is 0 Å². The van der Waals surface area contributed by atoms with E-state index in [0.717, 1.165) is 11.1 Å². The lowest BCUT2D eigenvalue weighted by Crippen LogP contribution is -2.60. The molecule has 1 aliphatic heterocycles. The maximum absolute atomic E-state index is 14.8. The number of likely N-dealkylation sites (tertiary alicyclic amines) is 1. The summed E-state index contributed by atoms with van der Waals surface area (Å²) in [6.07, 6.45) is 0.599. The van der Waals surface area contributed by atoms with Crippen molar-refractivity contribution in [3.05, 3.63) is 65.7 Å². The molecule has 0 radical (unpaired) electrons. The molecule has 1 heterocycles. The molecule has 9 amide bonds. The highest BCUT2D eigenvalue weighted by Gasteiger charge is 2.44. The highest BCUT2D eigenvalue weighted by molar-refractivity contribution is 6.00. The van der Waals surface area contributed by atoms with Crippen LogP contribution in [0.5, 0.6) is 0 Å². The lowest BCUT2D eigenvalue weighted by atomic mass is 9.89. The van der Waals surface area contributed by atoms with Crippen LogP contribution in [0, 0.1) is 29.6 Å². The van der Waals surface area contributed by atoms with E-state index in [4.69, 9.17) is 19.9 Å². The molecule has 87 heavy (non-hydrogen) atoms. The van der Waals surface area contributed by atoms with Crippen LogP contribution in [0.25, 0.3) is 0 Å². The topological polar surface area (TPSA) is 301 Å². The first-order valence-electron chi connectivity index (χ1n) is 30.7. The summed E-state index contributed by atoms with van der Waals surface area (Å²) in [7, 11) is 8.13. The number of rotatable bonds is 34. The number of amides is 9. The highest BCUT2D eigenvalue weighted by atomic mass is 16.6. The van der Waals surface area contributed by atoms with Crippen LogP contribution in [0.4, 0.5) is 15.3 Å². The molecule has 1 fully saturated rings. The van der Waals surface area contributed by atoms with Crippen molar-refractivity contribution in [2.75, 3.05) is 59.9 Å². The zero-order valence-corrected chi connectivity index (χ0v) is 54.8. The summed E-state index contributed by atoms with van der Waals surface area (Å²) in [6.45, 7) is 23.0. The Morgan fingerprint density at radius 1 is 0.736 bits per heavy atom. The summed E-state index contributed by atoms with van der Waals surface area (Å²) in [6, 6.07) is 9.82. The van der Waals surface area contributed by atoms with Gasteiger partial charge in [0.05, 0.1) is 42.7 Å². The number of nitrogens with one attached hydrogen (secondary N) is 5. The number of alkyl carbamates (subject to hydrolysis) is 1. The number of benzene rings is 2. The maximum Gasteiger partial charge on any atom is 0.408 e. The Morgan fingerprint density at radius 2 is 1.34 bits per heavy atom. The van der Waals surface area contributed by atoms with E-state index in [1.807, 2.05) is 71.7 Å². The number of carboxylic acid groups (broad SMARTS) is 1. The molecule has 23 nitrogen and oxygen atoms in total. The predicted octanol–water partition coefficient (Wildman–Crippen LogP) is 5.50. The largest absolute Gasteiger partial charge is 0.480 e. The summed E-state index contributed by atoms with van der Waals surface area (Å²) >= 11 is 0. The predicted molar refractivity (Wildman–Crippen MR) is 334 cm³/mol. The van der Waals surface area contributed by atoms with Crippen LogP contribution in [0.1, 0.15) is 133 Å². The molecule has 3 rings (SSSR count). The van der Waals surface area contributed by atoms with Gasteiger partial charge in [0.1, 0.15) is 29.8 Å². The Labute approximate surface area is 516 Å². The third-order valence-corrected chi connectivity index (χ3v) is 16.4. The van der Waals surface area contributed by atoms with E-state index >= 15 is 0 Å². The molecule has 0 spiro atoms. The molecule has 488 valence electrons. The van der Waals surface area contributed by atoms with Gasteiger partial charge in [-0.2, -0.15) is 0 Å².